The highest BCUT2D eigenvalue weighted by atomic mass is 16.6. The molecule has 1 aliphatic rings. The van der Waals surface area contributed by atoms with Crippen LogP contribution in [-0.2, 0) is 4.84 Å². The fourth-order valence-electron chi connectivity index (χ4n) is 1.00. The summed E-state index contributed by atoms with van der Waals surface area (Å²) in [5.74, 6) is 5.89. The van der Waals surface area contributed by atoms with Crippen molar-refractivity contribution in [1.29, 1.82) is 0 Å². The highest BCUT2D eigenvalue weighted by molar-refractivity contribution is 5.24. The van der Waals surface area contributed by atoms with Gasteiger partial charge >= 0.3 is 0 Å². The van der Waals surface area contributed by atoms with Crippen LogP contribution in [0.5, 0.6) is 0 Å². The van der Waals surface area contributed by atoms with Gasteiger partial charge in [0.15, 0.2) is 0 Å². The van der Waals surface area contributed by atoms with Crippen molar-refractivity contribution in [2.75, 3.05) is 13.1 Å². The molecule has 0 spiro atoms. The van der Waals surface area contributed by atoms with Crippen molar-refractivity contribution in [1.82, 2.24) is 5.32 Å². The summed E-state index contributed by atoms with van der Waals surface area (Å²) in [7, 11) is 0. The van der Waals surface area contributed by atoms with Gasteiger partial charge < -0.3 is 10.2 Å². The lowest BCUT2D eigenvalue weighted by atomic mass is 10.1. The Morgan fingerprint density at radius 3 is 3.00 bits per heavy atom. The lowest BCUT2D eigenvalue weighted by Crippen LogP contribution is -2.26. The fourth-order valence-corrected chi connectivity index (χ4v) is 1.00. The van der Waals surface area contributed by atoms with Gasteiger partial charge in [0.1, 0.15) is 5.76 Å². The van der Waals surface area contributed by atoms with E-state index in [0.717, 1.165) is 30.8 Å². The smallest absolute Gasteiger partial charge is 0.129 e. The fraction of sp³-hybridized carbons (Fsp3) is 0.429. The standard InChI is InChI=1S/C7H12N2O/c1-2-6-5-9-4-3-7(6)10-8/h2,9H,1,3-5,8H2. The van der Waals surface area contributed by atoms with Gasteiger partial charge in [-0.15, -0.1) is 0 Å². The Bertz CT molecular complexity index is 163. The van der Waals surface area contributed by atoms with Crippen LogP contribution >= 0.6 is 0 Å². The number of hydrogen-bond acceptors (Lipinski definition) is 3. The molecule has 0 fully saturated rings. The average Bonchev–Trinajstić information content (AvgIpc) is 2.04. The summed E-state index contributed by atoms with van der Waals surface area (Å²) in [5, 5.41) is 3.19. The molecule has 1 aliphatic heterocycles. The van der Waals surface area contributed by atoms with Crippen LogP contribution in [0.15, 0.2) is 24.0 Å². The van der Waals surface area contributed by atoms with E-state index >= 15 is 0 Å². The van der Waals surface area contributed by atoms with Gasteiger partial charge in [-0.1, -0.05) is 12.7 Å². The topological polar surface area (TPSA) is 47.3 Å². The first-order valence-electron chi connectivity index (χ1n) is 3.30. The van der Waals surface area contributed by atoms with Crippen molar-refractivity contribution in [2.45, 2.75) is 6.42 Å². The van der Waals surface area contributed by atoms with Crippen molar-refractivity contribution in [2.24, 2.45) is 5.90 Å². The molecule has 0 aromatic rings. The van der Waals surface area contributed by atoms with E-state index in [1.165, 1.54) is 0 Å². The summed E-state index contributed by atoms with van der Waals surface area (Å²) in [4.78, 5) is 4.66. The molecule has 0 amide bonds. The second-order valence-corrected chi connectivity index (χ2v) is 2.20. The first kappa shape index (κ1) is 7.31. The predicted molar refractivity (Wildman–Crippen MR) is 40.0 cm³/mol. The van der Waals surface area contributed by atoms with Gasteiger partial charge in [-0.05, 0) is 0 Å². The van der Waals surface area contributed by atoms with Crippen LogP contribution in [0.25, 0.3) is 0 Å². The Labute approximate surface area is 60.5 Å². The predicted octanol–water partition coefficient (Wildman–Crippen LogP) is 0.310. The molecular formula is C7H12N2O. The second-order valence-electron chi connectivity index (χ2n) is 2.20. The Morgan fingerprint density at radius 1 is 1.70 bits per heavy atom. The zero-order valence-electron chi connectivity index (χ0n) is 5.89. The van der Waals surface area contributed by atoms with Crippen LogP contribution in [0.4, 0.5) is 0 Å². The number of nitrogens with two attached hydrogens (primary N) is 1. The number of hydrogen-bond donors (Lipinski definition) is 2. The van der Waals surface area contributed by atoms with Crippen LogP contribution in [0.1, 0.15) is 6.42 Å². The third-order valence-electron chi connectivity index (χ3n) is 1.59. The molecule has 0 bridgehead atoms. The summed E-state index contributed by atoms with van der Waals surface area (Å²) < 4.78 is 0. The van der Waals surface area contributed by atoms with E-state index in [1.807, 2.05) is 0 Å². The molecule has 0 saturated heterocycles. The maximum Gasteiger partial charge on any atom is 0.129 e. The summed E-state index contributed by atoms with van der Waals surface area (Å²) in [5.41, 5.74) is 1.06. The molecule has 3 nitrogen and oxygen atoms in total. The van der Waals surface area contributed by atoms with Gasteiger partial charge in [0.2, 0.25) is 0 Å². The van der Waals surface area contributed by atoms with Crippen molar-refractivity contribution < 1.29 is 4.84 Å². The van der Waals surface area contributed by atoms with Gasteiger partial charge in [0.25, 0.3) is 0 Å². The van der Waals surface area contributed by atoms with Gasteiger partial charge in [0, 0.05) is 25.1 Å². The summed E-state index contributed by atoms with van der Waals surface area (Å²) in [6.07, 6.45) is 2.63. The molecule has 10 heavy (non-hydrogen) atoms. The van der Waals surface area contributed by atoms with Gasteiger partial charge in [-0.2, -0.15) is 5.90 Å². The molecule has 56 valence electrons. The normalized spacial score (nSPS) is 18.9. The average molecular weight is 140 g/mol. The molecule has 0 radical (unpaired) electrons. The molecule has 3 heteroatoms. The third-order valence-corrected chi connectivity index (χ3v) is 1.59. The van der Waals surface area contributed by atoms with E-state index in [-0.39, 0.29) is 0 Å². The van der Waals surface area contributed by atoms with Crippen molar-refractivity contribution in [3.8, 4) is 0 Å². The highest BCUT2D eigenvalue weighted by Crippen LogP contribution is 2.11. The molecule has 0 aliphatic carbocycles. The SMILES string of the molecule is C=CC1=C(ON)CCNC1. The van der Waals surface area contributed by atoms with E-state index < -0.39 is 0 Å². The minimum absolute atomic E-state index is 0.816. The lowest BCUT2D eigenvalue weighted by molar-refractivity contribution is 0.201. The number of nitrogens with one attached hydrogen (secondary N) is 1. The van der Waals surface area contributed by atoms with Crippen LogP contribution in [0, 0.1) is 0 Å². The van der Waals surface area contributed by atoms with Gasteiger partial charge in [-0.3, -0.25) is 0 Å². The number of rotatable bonds is 2. The Kier molecular flexibility index (Phi) is 2.48. The van der Waals surface area contributed by atoms with Crippen LogP contribution in [0.3, 0.4) is 0 Å². The van der Waals surface area contributed by atoms with Crippen LogP contribution in [-0.4, -0.2) is 13.1 Å². The minimum Gasteiger partial charge on any atom is -0.416 e. The van der Waals surface area contributed by atoms with Crippen molar-refractivity contribution in [3.05, 3.63) is 24.0 Å². The molecular weight excluding hydrogens is 128 g/mol. The molecule has 0 aromatic carbocycles. The molecule has 1 rings (SSSR count). The van der Waals surface area contributed by atoms with E-state index in [9.17, 15) is 0 Å². The zero-order chi connectivity index (χ0) is 7.40. The third kappa shape index (κ3) is 1.37. The Balaban J connectivity index is 2.72. The first-order chi connectivity index (χ1) is 4.88. The summed E-state index contributed by atoms with van der Waals surface area (Å²) in [6, 6.07) is 0. The summed E-state index contributed by atoms with van der Waals surface area (Å²) in [6.45, 7) is 5.40. The maximum absolute atomic E-state index is 5.04. The lowest BCUT2D eigenvalue weighted by Gasteiger charge is -2.16. The van der Waals surface area contributed by atoms with E-state index in [2.05, 4.69) is 16.7 Å². The molecule has 0 atom stereocenters. The van der Waals surface area contributed by atoms with Crippen LogP contribution in [0.2, 0.25) is 0 Å². The minimum atomic E-state index is 0.816. The first-order valence-corrected chi connectivity index (χ1v) is 3.30. The zero-order valence-corrected chi connectivity index (χ0v) is 5.89. The molecule has 0 aromatic heterocycles. The molecule has 0 saturated carbocycles. The maximum atomic E-state index is 5.04. The quantitative estimate of drug-likeness (QED) is 0.543. The van der Waals surface area contributed by atoms with Gasteiger partial charge in [-0.25, -0.2) is 0 Å². The van der Waals surface area contributed by atoms with Crippen molar-refractivity contribution in [3.63, 3.8) is 0 Å². The molecule has 0 unspecified atom stereocenters. The Hall–Kier alpha value is -0.800. The highest BCUT2D eigenvalue weighted by Gasteiger charge is 2.09. The largest absolute Gasteiger partial charge is 0.416 e. The molecule has 3 N–H and O–H groups in total. The van der Waals surface area contributed by atoms with Crippen molar-refractivity contribution >= 4 is 0 Å². The monoisotopic (exact) mass is 140 g/mol. The molecule has 1 heterocycles. The van der Waals surface area contributed by atoms with E-state index in [0.29, 0.717) is 0 Å². The van der Waals surface area contributed by atoms with E-state index in [1.54, 1.807) is 6.08 Å². The summed E-state index contributed by atoms with van der Waals surface area (Å²) >= 11 is 0. The van der Waals surface area contributed by atoms with Gasteiger partial charge in [0.05, 0.1) is 0 Å². The second kappa shape index (κ2) is 3.39. The Morgan fingerprint density at radius 2 is 2.50 bits per heavy atom. The van der Waals surface area contributed by atoms with E-state index in [4.69, 9.17) is 5.90 Å². The van der Waals surface area contributed by atoms with Crippen LogP contribution < -0.4 is 11.2 Å².